The molecule has 0 bridgehead atoms. The molecule has 1 fully saturated rings. The van der Waals surface area contributed by atoms with E-state index in [-0.39, 0.29) is 5.91 Å². The summed E-state index contributed by atoms with van der Waals surface area (Å²) in [4.78, 5) is 18.6. The van der Waals surface area contributed by atoms with E-state index >= 15 is 0 Å². The van der Waals surface area contributed by atoms with Crippen molar-refractivity contribution in [2.75, 3.05) is 6.54 Å². The molecule has 32 heavy (non-hydrogen) atoms. The van der Waals surface area contributed by atoms with Crippen LogP contribution in [0.5, 0.6) is 0 Å². The number of para-hydroxylation sites is 1. The number of nitrogens with one attached hydrogen (secondary N) is 1. The van der Waals surface area contributed by atoms with Gasteiger partial charge in [-0.15, -0.1) is 0 Å². The number of likely N-dealkylation sites (tertiary alicyclic amines) is 1. The van der Waals surface area contributed by atoms with Gasteiger partial charge in [-0.05, 0) is 44.9 Å². The number of aliphatic hydroxyl groups is 1. The first kappa shape index (κ1) is 22.2. The second kappa shape index (κ2) is 10.1. The molecule has 3 aromatic rings. The number of amides is 1. The first-order valence-corrected chi connectivity index (χ1v) is 11.3. The lowest BCUT2D eigenvalue weighted by Gasteiger charge is -2.40. The number of nitrogens with zero attached hydrogens (tertiary/aromatic N) is 4. The van der Waals surface area contributed by atoms with Crippen molar-refractivity contribution >= 4 is 23.0 Å². The molecule has 168 valence electrons. The van der Waals surface area contributed by atoms with E-state index in [1.165, 1.54) is 19.3 Å². The Morgan fingerprint density at radius 3 is 2.69 bits per heavy atom. The first-order chi connectivity index (χ1) is 15.5. The number of piperidine rings is 1. The van der Waals surface area contributed by atoms with Gasteiger partial charge in [0, 0.05) is 54.0 Å². The molecule has 0 aliphatic carbocycles. The molecular weight excluding hydrogens is 402 g/mol. The zero-order valence-electron chi connectivity index (χ0n) is 18.7. The van der Waals surface area contributed by atoms with Gasteiger partial charge in [0.1, 0.15) is 5.69 Å². The Labute approximate surface area is 188 Å². The number of aromatic nitrogens is 2. The van der Waals surface area contributed by atoms with Crippen molar-refractivity contribution in [3.8, 4) is 0 Å². The summed E-state index contributed by atoms with van der Waals surface area (Å²) in [5.41, 5.74) is 4.76. The highest BCUT2D eigenvalue weighted by Crippen LogP contribution is 2.24. The fourth-order valence-electron chi connectivity index (χ4n) is 4.61. The average Bonchev–Trinajstić information content (AvgIpc) is 3.14. The van der Waals surface area contributed by atoms with Crippen LogP contribution < -0.4 is 5.43 Å². The molecular formula is C25H31N5O2. The van der Waals surface area contributed by atoms with Crippen LogP contribution >= 0.6 is 0 Å². The third kappa shape index (κ3) is 5.06. The Hall–Kier alpha value is -3.03. The number of rotatable bonds is 7. The van der Waals surface area contributed by atoms with Gasteiger partial charge in [0.05, 0.1) is 12.3 Å². The van der Waals surface area contributed by atoms with Crippen molar-refractivity contribution in [1.82, 2.24) is 19.9 Å². The summed E-state index contributed by atoms with van der Waals surface area (Å²) in [5.74, 6) is -0.356. The molecule has 1 aliphatic heterocycles. The van der Waals surface area contributed by atoms with Crippen LogP contribution in [-0.2, 0) is 6.54 Å². The van der Waals surface area contributed by atoms with Crippen LogP contribution in [0.15, 0.2) is 60.0 Å². The quantitative estimate of drug-likeness (QED) is 0.442. The maximum atomic E-state index is 12.2. The Kier molecular flexibility index (Phi) is 6.97. The number of aliphatic hydroxyl groups excluding tert-OH is 1. The molecule has 0 radical (unpaired) electrons. The SMILES string of the molecule is C[C@@H]1CCC[C@@H](C)N1C[C@@H](O)Cn1cc(/C=N\NC(=O)c2ccccn2)c2ccccc21. The molecule has 2 aromatic heterocycles. The van der Waals surface area contributed by atoms with E-state index in [4.69, 9.17) is 0 Å². The average molecular weight is 434 g/mol. The topological polar surface area (TPSA) is 82.8 Å². The predicted octanol–water partition coefficient (Wildman–Crippen LogP) is 3.42. The van der Waals surface area contributed by atoms with Gasteiger partial charge in [0.15, 0.2) is 0 Å². The first-order valence-electron chi connectivity index (χ1n) is 11.3. The molecule has 7 nitrogen and oxygen atoms in total. The number of benzene rings is 1. The van der Waals surface area contributed by atoms with Crippen LogP contribution in [0.2, 0.25) is 0 Å². The standard InChI is InChI=1S/C25H31N5O2/c1-18-8-7-9-19(2)30(18)17-21(31)16-29-15-20(22-10-3-4-12-24(22)29)14-27-28-25(32)23-11-5-6-13-26-23/h3-6,10-15,18-19,21,31H,7-9,16-17H2,1-2H3,(H,28,32)/b27-14-/t18-,19-,21+/m1/s1. The zero-order chi connectivity index (χ0) is 22.5. The smallest absolute Gasteiger partial charge is 0.289 e. The lowest BCUT2D eigenvalue weighted by Crippen LogP contribution is -2.47. The second-order valence-corrected chi connectivity index (χ2v) is 8.65. The molecule has 0 unspecified atom stereocenters. The maximum absolute atomic E-state index is 12.2. The predicted molar refractivity (Wildman–Crippen MR) is 127 cm³/mol. The number of carbonyl (C=O) groups is 1. The summed E-state index contributed by atoms with van der Waals surface area (Å²) in [5, 5.41) is 16.0. The fraction of sp³-hybridized carbons (Fsp3) is 0.400. The third-order valence-electron chi connectivity index (χ3n) is 6.29. The van der Waals surface area contributed by atoms with Crippen molar-refractivity contribution in [2.24, 2.45) is 5.10 Å². The highest BCUT2D eigenvalue weighted by atomic mass is 16.3. The lowest BCUT2D eigenvalue weighted by molar-refractivity contribution is 0.0352. The summed E-state index contributed by atoms with van der Waals surface area (Å²) in [7, 11) is 0. The van der Waals surface area contributed by atoms with Gasteiger partial charge in [0.2, 0.25) is 0 Å². The number of hydrazone groups is 1. The van der Waals surface area contributed by atoms with Gasteiger partial charge in [0.25, 0.3) is 5.91 Å². The molecule has 1 aromatic carbocycles. The van der Waals surface area contributed by atoms with E-state index in [2.05, 4.69) is 38.8 Å². The van der Waals surface area contributed by atoms with Crippen LogP contribution in [0.25, 0.3) is 10.9 Å². The van der Waals surface area contributed by atoms with E-state index < -0.39 is 6.10 Å². The molecule has 3 atom stereocenters. The second-order valence-electron chi connectivity index (χ2n) is 8.65. The van der Waals surface area contributed by atoms with Crippen molar-refractivity contribution in [3.63, 3.8) is 0 Å². The Bertz CT molecular complexity index is 1070. The molecule has 0 spiro atoms. The lowest BCUT2D eigenvalue weighted by atomic mass is 9.97. The van der Waals surface area contributed by atoms with Gasteiger partial charge in [-0.3, -0.25) is 14.7 Å². The number of pyridine rings is 1. The van der Waals surface area contributed by atoms with Gasteiger partial charge >= 0.3 is 0 Å². The molecule has 7 heteroatoms. The van der Waals surface area contributed by atoms with Gasteiger partial charge < -0.3 is 9.67 Å². The molecule has 0 saturated carbocycles. The number of carbonyl (C=O) groups excluding carboxylic acids is 1. The summed E-state index contributed by atoms with van der Waals surface area (Å²) < 4.78 is 2.07. The van der Waals surface area contributed by atoms with E-state index in [0.717, 1.165) is 16.5 Å². The van der Waals surface area contributed by atoms with Gasteiger partial charge in [-0.2, -0.15) is 5.10 Å². The van der Waals surface area contributed by atoms with Crippen LogP contribution in [0.4, 0.5) is 0 Å². The van der Waals surface area contributed by atoms with Crippen molar-refractivity contribution in [2.45, 2.75) is 57.8 Å². The largest absolute Gasteiger partial charge is 0.390 e. The summed E-state index contributed by atoms with van der Waals surface area (Å²) >= 11 is 0. The van der Waals surface area contributed by atoms with Crippen LogP contribution in [0.1, 0.15) is 49.2 Å². The Morgan fingerprint density at radius 2 is 1.94 bits per heavy atom. The van der Waals surface area contributed by atoms with Gasteiger partial charge in [-0.1, -0.05) is 30.7 Å². The van der Waals surface area contributed by atoms with E-state index in [1.807, 2.05) is 30.5 Å². The van der Waals surface area contributed by atoms with Crippen LogP contribution in [0.3, 0.4) is 0 Å². The minimum Gasteiger partial charge on any atom is -0.390 e. The minimum absolute atomic E-state index is 0.316. The summed E-state index contributed by atoms with van der Waals surface area (Å²) in [6, 6.07) is 14.2. The summed E-state index contributed by atoms with van der Waals surface area (Å²) in [6.07, 6.45) is 8.36. The molecule has 4 rings (SSSR count). The van der Waals surface area contributed by atoms with Crippen molar-refractivity contribution in [1.29, 1.82) is 0 Å². The third-order valence-corrected chi connectivity index (χ3v) is 6.29. The van der Waals surface area contributed by atoms with Crippen molar-refractivity contribution in [3.05, 3.63) is 66.1 Å². The minimum atomic E-state index is -0.470. The number of hydrogen-bond donors (Lipinski definition) is 2. The van der Waals surface area contributed by atoms with E-state index in [0.29, 0.717) is 30.9 Å². The van der Waals surface area contributed by atoms with Gasteiger partial charge in [-0.25, -0.2) is 5.43 Å². The maximum Gasteiger partial charge on any atom is 0.289 e. The molecule has 1 saturated heterocycles. The number of hydrogen-bond acceptors (Lipinski definition) is 5. The number of fused-ring (bicyclic) bond motifs is 1. The monoisotopic (exact) mass is 433 g/mol. The number of β-amino-alcohol motifs (C(OH)–C–C–N with tert-alkyl or cyclic N) is 1. The molecule has 1 aliphatic rings. The molecule has 2 N–H and O–H groups in total. The van der Waals surface area contributed by atoms with Crippen LogP contribution in [0, 0.1) is 0 Å². The Morgan fingerprint density at radius 1 is 1.19 bits per heavy atom. The Balaban J connectivity index is 1.47. The highest BCUT2D eigenvalue weighted by Gasteiger charge is 2.26. The summed E-state index contributed by atoms with van der Waals surface area (Å²) in [6.45, 7) is 5.67. The fourth-order valence-corrected chi connectivity index (χ4v) is 4.61. The van der Waals surface area contributed by atoms with Crippen molar-refractivity contribution < 1.29 is 9.90 Å². The van der Waals surface area contributed by atoms with E-state index in [1.54, 1.807) is 30.6 Å². The van der Waals surface area contributed by atoms with Crippen LogP contribution in [-0.4, -0.2) is 56.4 Å². The highest BCUT2D eigenvalue weighted by molar-refractivity contribution is 6.00. The molecule has 1 amide bonds. The normalized spacial score (nSPS) is 20.6. The van der Waals surface area contributed by atoms with E-state index in [9.17, 15) is 9.90 Å². The molecule has 3 heterocycles. The zero-order valence-corrected chi connectivity index (χ0v) is 18.7.